The summed E-state index contributed by atoms with van der Waals surface area (Å²) in [4.78, 5) is 28.2. The Morgan fingerprint density at radius 3 is 2.16 bits per heavy atom. The van der Waals surface area contributed by atoms with Crippen LogP contribution in [0.1, 0.15) is 18.1 Å². The van der Waals surface area contributed by atoms with Crippen LogP contribution < -0.4 is 9.47 Å². The number of nitrogens with zero attached hydrogens (tertiary/aromatic N) is 3. The molecule has 4 rings (SSSR count). The molecule has 0 radical (unpaired) electrons. The largest absolute Gasteiger partial charge is 0.497 e. The summed E-state index contributed by atoms with van der Waals surface area (Å²) in [5.41, 5.74) is 3.15. The van der Waals surface area contributed by atoms with E-state index in [0.29, 0.717) is 39.1 Å². The lowest BCUT2D eigenvalue weighted by Crippen LogP contribution is -2.50. The summed E-state index contributed by atoms with van der Waals surface area (Å²) < 4.78 is 13.0. The van der Waals surface area contributed by atoms with Crippen molar-refractivity contribution in [3.05, 3.63) is 59.8 Å². The minimum atomic E-state index is 0.0642. The Labute approximate surface area is 188 Å². The molecular formula is C25H29N3O4. The molecule has 0 atom stereocenters. The van der Waals surface area contributed by atoms with Gasteiger partial charge >= 0.3 is 0 Å². The predicted octanol–water partition coefficient (Wildman–Crippen LogP) is 2.94. The Morgan fingerprint density at radius 2 is 1.53 bits per heavy atom. The number of piperazine rings is 1. The number of carbonyl (C=O) groups is 2. The molecule has 0 saturated carbocycles. The molecule has 3 aromatic rings. The number of hydrogen-bond donors (Lipinski definition) is 0. The molecule has 32 heavy (non-hydrogen) atoms. The van der Waals surface area contributed by atoms with Gasteiger partial charge in [-0.1, -0.05) is 18.2 Å². The first-order valence-electron chi connectivity index (χ1n) is 10.8. The third-order valence-electron chi connectivity index (χ3n) is 6.05. The molecule has 7 nitrogen and oxygen atoms in total. The number of ether oxygens (including phenoxy) is 2. The van der Waals surface area contributed by atoms with Crippen molar-refractivity contribution in [2.45, 2.75) is 19.9 Å². The van der Waals surface area contributed by atoms with Crippen molar-refractivity contribution in [3.8, 4) is 11.5 Å². The van der Waals surface area contributed by atoms with Gasteiger partial charge in [0.15, 0.2) is 0 Å². The lowest BCUT2D eigenvalue weighted by atomic mass is 10.1. The number of methoxy groups -OCH3 is 2. The Balaban J connectivity index is 1.56. The topological polar surface area (TPSA) is 64.0 Å². The van der Waals surface area contributed by atoms with E-state index in [4.69, 9.17) is 9.47 Å². The summed E-state index contributed by atoms with van der Waals surface area (Å²) in [5.74, 6) is 1.65. The van der Waals surface area contributed by atoms with Crippen LogP contribution in [0.5, 0.6) is 11.5 Å². The Hall–Kier alpha value is -3.48. The van der Waals surface area contributed by atoms with Gasteiger partial charge < -0.3 is 23.8 Å². The van der Waals surface area contributed by atoms with Crippen molar-refractivity contribution in [2.75, 3.05) is 40.4 Å². The minimum Gasteiger partial charge on any atom is -0.497 e. The third kappa shape index (κ3) is 4.56. The highest BCUT2D eigenvalue weighted by molar-refractivity contribution is 5.89. The van der Waals surface area contributed by atoms with Gasteiger partial charge in [-0.25, -0.2) is 0 Å². The number of amides is 2. The highest BCUT2D eigenvalue weighted by Crippen LogP contribution is 2.27. The van der Waals surface area contributed by atoms with E-state index in [1.54, 1.807) is 26.0 Å². The van der Waals surface area contributed by atoms with Crippen LogP contribution in [0.15, 0.2) is 48.7 Å². The first-order valence-corrected chi connectivity index (χ1v) is 10.8. The molecule has 1 aliphatic rings. The van der Waals surface area contributed by atoms with E-state index in [9.17, 15) is 9.59 Å². The quantitative estimate of drug-likeness (QED) is 0.597. The van der Waals surface area contributed by atoms with Gasteiger partial charge in [0.2, 0.25) is 11.8 Å². The Kier molecular flexibility index (Phi) is 6.35. The van der Waals surface area contributed by atoms with Gasteiger partial charge in [0.05, 0.1) is 20.6 Å². The molecule has 2 heterocycles. The van der Waals surface area contributed by atoms with Crippen LogP contribution >= 0.6 is 0 Å². The summed E-state index contributed by atoms with van der Waals surface area (Å²) >= 11 is 0. The maximum absolute atomic E-state index is 13.0. The molecule has 1 aromatic heterocycles. The zero-order chi connectivity index (χ0) is 22.7. The van der Waals surface area contributed by atoms with E-state index in [2.05, 4.69) is 22.9 Å². The van der Waals surface area contributed by atoms with Crippen LogP contribution in [0.2, 0.25) is 0 Å². The van der Waals surface area contributed by atoms with Crippen LogP contribution in [-0.4, -0.2) is 66.6 Å². The average molecular weight is 436 g/mol. The number of fused-ring (bicyclic) bond motifs is 1. The number of rotatable bonds is 6. The molecule has 2 amide bonds. The van der Waals surface area contributed by atoms with Crippen LogP contribution in [0.25, 0.3) is 10.9 Å². The second kappa shape index (κ2) is 9.34. The Bertz CT molecular complexity index is 1110. The number of aromatic nitrogens is 1. The molecule has 2 aromatic carbocycles. The number of para-hydroxylation sites is 1. The molecule has 0 unspecified atom stereocenters. The fourth-order valence-corrected chi connectivity index (χ4v) is 4.29. The summed E-state index contributed by atoms with van der Waals surface area (Å²) in [7, 11) is 3.28. The van der Waals surface area contributed by atoms with Crippen LogP contribution in [0.4, 0.5) is 0 Å². The maximum Gasteiger partial charge on any atom is 0.227 e. The molecule has 0 bridgehead atoms. The summed E-state index contributed by atoms with van der Waals surface area (Å²) in [6.07, 6.45) is 2.41. The van der Waals surface area contributed by atoms with Crippen molar-refractivity contribution in [2.24, 2.45) is 0 Å². The first kappa shape index (κ1) is 21.7. The standard InChI is InChI=1S/C25H29N3O4/c1-18(29)26-8-10-27(11-9-26)25(30)14-20-17-28(24-7-5-4-6-23(20)24)16-19-12-21(31-2)15-22(13-19)32-3/h4-7,12-13,15,17H,8-11,14,16H2,1-3H3. The van der Waals surface area contributed by atoms with Gasteiger partial charge in [0.25, 0.3) is 0 Å². The van der Waals surface area contributed by atoms with Gasteiger partial charge in [-0.05, 0) is 29.3 Å². The molecule has 168 valence electrons. The van der Waals surface area contributed by atoms with E-state index >= 15 is 0 Å². The highest BCUT2D eigenvalue weighted by Gasteiger charge is 2.23. The molecule has 1 fully saturated rings. The average Bonchev–Trinajstić information content (AvgIpc) is 3.15. The molecule has 1 saturated heterocycles. The van der Waals surface area contributed by atoms with Crippen molar-refractivity contribution in [1.82, 2.24) is 14.4 Å². The molecule has 0 spiro atoms. The third-order valence-corrected chi connectivity index (χ3v) is 6.05. The van der Waals surface area contributed by atoms with E-state index in [1.807, 2.05) is 35.2 Å². The summed E-state index contributed by atoms with van der Waals surface area (Å²) in [5, 5.41) is 1.08. The van der Waals surface area contributed by atoms with Gasteiger partial charge in [0, 0.05) is 62.8 Å². The van der Waals surface area contributed by atoms with E-state index < -0.39 is 0 Å². The Morgan fingerprint density at radius 1 is 0.906 bits per heavy atom. The predicted molar refractivity (Wildman–Crippen MR) is 123 cm³/mol. The monoisotopic (exact) mass is 435 g/mol. The maximum atomic E-state index is 13.0. The smallest absolute Gasteiger partial charge is 0.227 e. The molecule has 7 heteroatoms. The van der Waals surface area contributed by atoms with Crippen molar-refractivity contribution in [1.29, 1.82) is 0 Å². The van der Waals surface area contributed by atoms with E-state index in [0.717, 1.165) is 33.5 Å². The van der Waals surface area contributed by atoms with Crippen LogP contribution in [-0.2, 0) is 22.6 Å². The summed E-state index contributed by atoms with van der Waals surface area (Å²) in [6, 6.07) is 14.0. The number of benzene rings is 2. The van der Waals surface area contributed by atoms with Crippen LogP contribution in [0, 0.1) is 0 Å². The number of carbonyl (C=O) groups excluding carboxylic acids is 2. The van der Waals surface area contributed by atoms with Crippen LogP contribution in [0.3, 0.4) is 0 Å². The molecule has 1 aliphatic heterocycles. The fourth-order valence-electron chi connectivity index (χ4n) is 4.29. The first-order chi connectivity index (χ1) is 15.5. The normalized spacial score (nSPS) is 14.0. The van der Waals surface area contributed by atoms with E-state index in [-0.39, 0.29) is 11.8 Å². The lowest BCUT2D eigenvalue weighted by Gasteiger charge is -2.34. The van der Waals surface area contributed by atoms with Crippen molar-refractivity contribution in [3.63, 3.8) is 0 Å². The molecule has 0 N–H and O–H groups in total. The molecular weight excluding hydrogens is 406 g/mol. The second-order valence-electron chi connectivity index (χ2n) is 8.08. The minimum absolute atomic E-state index is 0.0642. The zero-order valence-electron chi connectivity index (χ0n) is 18.8. The van der Waals surface area contributed by atoms with Gasteiger partial charge in [-0.15, -0.1) is 0 Å². The van der Waals surface area contributed by atoms with Gasteiger partial charge in [-0.3, -0.25) is 9.59 Å². The molecule has 0 aliphatic carbocycles. The fraction of sp³-hybridized carbons (Fsp3) is 0.360. The highest BCUT2D eigenvalue weighted by atomic mass is 16.5. The summed E-state index contributed by atoms with van der Waals surface area (Å²) in [6.45, 7) is 4.58. The van der Waals surface area contributed by atoms with Gasteiger partial charge in [-0.2, -0.15) is 0 Å². The zero-order valence-corrected chi connectivity index (χ0v) is 18.8. The second-order valence-corrected chi connectivity index (χ2v) is 8.08. The lowest BCUT2D eigenvalue weighted by molar-refractivity contribution is -0.137. The van der Waals surface area contributed by atoms with Crippen molar-refractivity contribution >= 4 is 22.7 Å². The van der Waals surface area contributed by atoms with E-state index in [1.165, 1.54) is 0 Å². The SMILES string of the molecule is COc1cc(Cn2cc(CC(=O)N3CCN(C(C)=O)CC3)c3ccccc32)cc(OC)c1. The number of hydrogen-bond acceptors (Lipinski definition) is 4. The van der Waals surface area contributed by atoms with Crippen molar-refractivity contribution < 1.29 is 19.1 Å². The van der Waals surface area contributed by atoms with Gasteiger partial charge in [0.1, 0.15) is 11.5 Å².